The van der Waals surface area contributed by atoms with Crippen LogP contribution in [0.3, 0.4) is 0 Å². The summed E-state index contributed by atoms with van der Waals surface area (Å²) in [6, 6.07) is 10.1. The van der Waals surface area contributed by atoms with Crippen LogP contribution in [-0.2, 0) is 6.42 Å². The van der Waals surface area contributed by atoms with Crippen LogP contribution in [0.2, 0.25) is 0 Å². The first-order valence-corrected chi connectivity index (χ1v) is 7.50. The lowest BCUT2D eigenvalue weighted by molar-refractivity contribution is 0.827. The Hall–Kier alpha value is -1.98. The highest BCUT2D eigenvalue weighted by Gasteiger charge is 2.07. The Bertz CT molecular complexity index is 672. The SMILES string of the molecule is NCCCc1nc(-c2cnn(-c3ccccc3)c2)cs1. The minimum Gasteiger partial charge on any atom is -0.330 e. The maximum absolute atomic E-state index is 5.53. The van der Waals surface area contributed by atoms with E-state index >= 15 is 0 Å². The molecule has 0 aliphatic rings. The quantitative estimate of drug-likeness (QED) is 0.783. The zero-order valence-corrected chi connectivity index (χ0v) is 11.9. The first kappa shape index (κ1) is 13.0. The summed E-state index contributed by atoms with van der Waals surface area (Å²) in [6.07, 6.45) is 5.80. The molecular formula is C15H16N4S. The maximum atomic E-state index is 5.53. The van der Waals surface area contributed by atoms with Gasteiger partial charge in [-0.3, -0.25) is 0 Å². The third-order valence-electron chi connectivity index (χ3n) is 3.05. The van der Waals surface area contributed by atoms with Gasteiger partial charge >= 0.3 is 0 Å². The van der Waals surface area contributed by atoms with E-state index in [4.69, 9.17) is 5.73 Å². The number of aromatic nitrogens is 3. The average Bonchev–Trinajstić information content (AvgIpc) is 3.15. The number of hydrogen-bond donors (Lipinski definition) is 1. The Labute approximate surface area is 121 Å². The molecule has 0 saturated heterocycles. The first-order chi connectivity index (χ1) is 9.86. The van der Waals surface area contributed by atoms with Crippen LogP contribution >= 0.6 is 11.3 Å². The minimum atomic E-state index is 0.709. The summed E-state index contributed by atoms with van der Waals surface area (Å²) in [6.45, 7) is 0.709. The van der Waals surface area contributed by atoms with Gasteiger partial charge in [-0.2, -0.15) is 5.10 Å². The van der Waals surface area contributed by atoms with Crippen molar-refractivity contribution in [2.24, 2.45) is 5.73 Å². The van der Waals surface area contributed by atoms with E-state index in [1.54, 1.807) is 11.3 Å². The zero-order chi connectivity index (χ0) is 13.8. The Balaban J connectivity index is 1.81. The van der Waals surface area contributed by atoms with Crippen LogP contribution in [0.25, 0.3) is 16.9 Å². The predicted molar refractivity (Wildman–Crippen MR) is 82.0 cm³/mol. The van der Waals surface area contributed by atoms with Crippen LogP contribution in [-0.4, -0.2) is 21.3 Å². The number of rotatable bonds is 5. The van der Waals surface area contributed by atoms with E-state index < -0.39 is 0 Å². The van der Waals surface area contributed by atoms with Crippen molar-refractivity contribution in [1.82, 2.24) is 14.8 Å². The van der Waals surface area contributed by atoms with Gasteiger partial charge in [-0.1, -0.05) is 18.2 Å². The minimum absolute atomic E-state index is 0.709. The number of nitrogens with two attached hydrogens (primary N) is 1. The molecule has 0 fully saturated rings. The molecule has 3 aromatic rings. The number of aryl methyl sites for hydroxylation is 1. The van der Waals surface area contributed by atoms with Crippen molar-refractivity contribution in [3.05, 3.63) is 53.1 Å². The number of benzene rings is 1. The second-order valence-corrected chi connectivity index (χ2v) is 5.47. The van der Waals surface area contributed by atoms with Gasteiger partial charge in [-0.25, -0.2) is 9.67 Å². The third-order valence-corrected chi connectivity index (χ3v) is 3.95. The van der Waals surface area contributed by atoms with Gasteiger partial charge in [-0.15, -0.1) is 11.3 Å². The smallest absolute Gasteiger partial charge is 0.0933 e. The number of para-hydroxylation sites is 1. The summed E-state index contributed by atoms with van der Waals surface area (Å²) in [5.41, 5.74) is 8.61. The fourth-order valence-corrected chi connectivity index (χ4v) is 2.84. The second kappa shape index (κ2) is 5.98. The predicted octanol–water partition coefficient (Wildman–Crippen LogP) is 2.89. The van der Waals surface area contributed by atoms with Crippen LogP contribution in [0.5, 0.6) is 0 Å². The van der Waals surface area contributed by atoms with E-state index in [2.05, 4.69) is 15.5 Å². The maximum Gasteiger partial charge on any atom is 0.0933 e. The van der Waals surface area contributed by atoms with Gasteiger partial charge < -0.3 is 5.73 Å². The van der Waals surface area contributed by atoms with Gasteiger partial charge in [0.2, 0.25) is 0 Å². The summed E-state index contributed by atoms with van der Waals surface area (Å²) in [5.74, 6) is 0. The Kier molecular flexibility index (Phi) is 3.90. The fourth-order valence-electron chi connectivity index (χ4n) is 1.99. The Morgan fingerprint density at radius 3 is 2.85 bits per heavy atom. The van der Waals surface area contributed by atoms with Crippen molar-refractivity contribution >= 4 is 11.3 Å². The first-order valence-electron chi connectivity index (χ1n) is 6.62. The molecule has 0 bridgehead atoms. The second-order valence-electron chi connectivity index (χ2n) is 4.53. The monoisotopic (exact) mass is 284 g/mol. The summed E-state index contributed by atoms with van der Waals surface area (Å²) < 4.78 is 1.87. The molecule has 2 aromatic heterocycles. The molecule has 0 aliphatic heterocycles. The topological polar surface area (TPSA) is 56.7 Å². The highest BCUT2D eigenvalue weighted by Crippen LogP contribution is 2.23. The van der Waals surface area contributed by atoms with E-state index in [9.17, 15) is 0 Å². The highest BCUT2D eigenvalue weighted by atomic mass is 32.1. The van der Waals surface area contributed by atoms with Crippen LogP contribution in [0.1, 0.15) is 11.4 Å². The molecule has 0 atom stereocenters. The van der Waals surface area contributed by atoms with Gasteiger partial charge in [0.1, 0.15) is 0 Å². The molecule has 20 heavy (non-hydrogen) atoms. The van der Waals surface area contributed by atoms with Crippen molar-refractivity contribution in [1.29, 1.82) is 0 Å². The van der Waals surface area contributed by atoms with Gasteiger partial charge in [-0.05, 0) is 25.1 Å². The Morgan fingerprint density at radius 2 is 2.05 bits per heavy atom. The van der Waals surface area contributed by atoms with E-state index in [0.717, 1.165) is 34.8 Å². The molecule has 4 nitrogen and oxygen atoms in total. The van der Waals surface area contributed by atoms with E-state index in [1.165, 1.54) is 0 Å². The summed E-state index contributed by atoms with van der Waals surface area (Å²) >= 11 is 1.69. The van der Waals surface area contributed by atoms with Gasteiger partial charge in [0.25, 0.3) is 0 Å². The number of thiazole rings is 1. The summed E-state index contributed by atoms with van der Waals surface area (Å²) in [7, 11) is 0. The summed E-state index contributed by atoms with van der Waals surface area (Å²) in [4.78, 5) is 4.63. The molecule has 0 aliphatic carbocycles. The lowest BCUT2D eigenvalue weighted by Gasteiger charge is -1.98. The standard InChI is InChI=1S/C15H16N4S/c16-8-4-7-15-18-14(11-20-15)12-9-17-19(10-12)13-5-2-1-3-6-13/h1-3,5-6,9-11H,4,7-8,16H2. The third kappa shape index (κ3) is 2.79. The normalized spacial score (nSPS) is 10.8. The van der Waals surface area contributed by atoms with Crippen molar-refractivity contribution in [2.75, 3.05) is 6.54 Å². The highest BCUT2D eigenvalue weighted by molar-refractivity contribution is 7.09. The molecule has 0 amide bonds. The van der Waals surface area contributed by atoms with Gasteiger partial charge in [0, 0.05) is 23.6 Å². The van der Waals surface area contributed by atoms with Crippen LogP contribution in [0, 0.1) is 0 Å². The molecule has 0 unspecified atom stereocenters. The lowest BCUT2D eigenvalue weighted by atomic mass is 10.3. The lowest BCUT2D eigenvalue weighted by Crippen LogP contribution is -1.99. The van der Waals surface area contributed by atoms with Crippen molar-refractivity contribution in [3.63, 3.8) is 0 Å². The molecule has 3 rings (SSSR count). The largest absolute Gasteiger partial charge is 0.330 e. The van der Waals surface area contributed by atoms with E-state index in [0.29, 0.717) is 6.54 Å². The van der Waals surface area contributed by atoms with Gasteiger partial charge in [0.15, 0.2) is 0 Å². The molecular weight excluding hydrogens is 268 g/mol. The average molecular weight is 284 g/mol. The molecule has 0 spiro atoms. The van der Waals surface area contributed by atoms with Crippen LogP contribution < -0.4 is 5.73 Å². The van der Waals surface area contributed by atoms with Crippen molar-refractivity contribution in [3.8, 4) is 16.9 Å². The van der Waals surface area contributed by atoms with E-state index in [1.807, 2.05) is 47.4 Å². The van der Waals surface area contributed by atoms with Crippen molar-refractivity contribution in [2.45, 2.75) is 12.8 Å². The Morgan fingerprint density at radius 1 is 1.20 bits per heavy atom. The molecule has 1 aromatic carbocycles. The summed E-state index contributed by atoms with van der Waals surface area (Å²) in [5, 5.41) is 7.61. The molecule has 5 heteroatoms. The molecule has 0 radical (unpaired) electrons. The zero-order valence-electron chi connectivity index (χ0n) is 11.1. The van der Waals surface area contributed by atoms with Gasteiger partial charge in [0.05, 0.1) is 22.6 Å². The molecule has 2 heterocycles. The number of nitrogens with zero attached hydrogens (tertiary/aromatic N) is 3. The van der Waals surface area contributed by atoms with Crippen molar-refractivity contribution < 1.29 is 0 Å². The van der Waals surface area contributed by atoms with Crippen LogP contribution in [0.15, 0.2) is 48.1 Å². The number of hydrogen-bond acceptors (Lipinski definition) is 4. The van der Waals surface area contributed by atoms with Crippen LogP contribution in [0.4, 0.5) is 0 Å². The fraction of sp³-hybridized carbons (Fsp3) is 0.200. The molecule has 0 saturated carbocycles. The van der Waals surface area contributed by atoms with E-state index in [-0.39, 0.29) is 0 Å². The molecule has 102 valence electrons. The molecule has 2 N–H and O–H groups in total.